The maximum atomic E-state index is 13.0. The molecule has 36 heavy (non-hydrogen) atoms. The maximum Gasteiger partial charge on any atom is 0.442 e. The quantitative estimate of drug-likeness (QED) is 0.276. The highest BCUT2D eigenvalue weighted by atomic mass is 19.4. The Hall–Kier alpha value is -2.77. The van der Waals surface area contributed by atoms with Crippen LogP contribution in [0.5, 0.6) is 0 Å². The summed E-state index contributed by atoms with van der Waals surface area (Å²) in [6.07, 6.45) is -5.08. The zero-order chi connectivity index (χ0) is 26.7. The van der Waals surface area contributed by atoms with Crippen LogP contribution in [0.25, 0.3) is 0 Å². The van der Waals surface area contributed by atoms with Crippen LogP contribution in [0, 0.1) is 0 Å². The van der Waals surface area contributed by atoms with E-state index in [1.54, 1.807) is 20.8 Å². The molecular formula is C23H32F3N3O7. The van der Waals surface area contributed by atoms with Crippen molar-refractivity contribution in [2.75, 3.05) is 46.2 Å². The van der Waals surface area contributed by atoms with Crippen molar-refractivity contribution in [2.24, 2.45) is 10.2 Å². The number of ether oxygens (including phenoxy) is 5. The van der Waals surface area contributed by atoms with Gasteiger partial charge >= 0.3 is 23.9 Å². The van der Waals surface area contributed by atoms with E-state index in [1.165, 1.54) is 24.3 Å². The third-order valence-electron chi connectivity index (χ3n) is 4.56. The van der Waals surface area contributed by atoms with Crippen molar-refractivity contribution in [1.29, 1.82) is 0 Å². The van der Waals surface area contributed by atoms with Crippen LogP contribution in [-0.4, -0.2) is 70.1 Å². The van der Waals surface area contributed by atoms with E-state index in [2.05, 4.69) is 15.5 Å². The summed E-state index contributed by atoms with van der Waals surface area (Å²) < 4.78 is 65.0. The maximum absolute atomic E-state index is 13.0. The van der Waals surface area contributed by atoms with E-state index in [1.807, 2.05) is 0 Å². The lowest BCUT2D eigenvalue weighted by Crippen LogP contribution is -2.30. The summed E-state index contributed by atoms with van der Waals surface area (Å²) in [5.41, 5.74) is -2.45. The van der Waals surface area contributed by atoms with Gasteiger partial charge in [0, 0.05) is 12.1 Å². The molecule has 0 bridgehead atoms. The Kier molecular flexibility index (Phi) is 11.1. The van der Waals surface area contributed by atoms with Crippen LogP contribution in [0.1, 0.15) is 38.3 Å². The first-order chi connectivity index (χ1) is 16.9. The minimum Gasteiger partial charge on any atom is -0.460 e. The first-order valence-electron chi connectivity index (χ1n) is 11.4. The van der Waals surface area contributed by atoms with Gasteiger partial charge in [0.2, 0.25) is 0 Å². The third-order valence-corrected chi connectivity index (χ3v) is 4.56. The Bertz CT molecular complexity index is 865. The molecule has 1 N–H and O–H groups in total. The Morgan fingerprint density at radius 2 is 1.39 bits per heavy atom. The van der Waals surface area contributed by atoms with Gasteiger partial charge in [-0.2, -0.15) is 13.2 Å². The van der Waals surface area contributed by atoms with Gasteiger partial charge in [0.25, 0.3) is 0 Å². The zero-order valence-electron chi connectivity index (χ0n) is 20.6. The molecule has 10 nitrogen and oxygen atoms in total. The van der Waals surface area contributed by atoms with Crippen LogP contribution in [-0.2, 0) is 40.7 Å². The van der Waals surface area contributed by atoms with Crippen LogP contribution in [0.15, 0.2) is 34.5 Å². The molecule has 1 aromatic carbocycles. The van der Waals surface area contributed by atoms with Gasteiger partial charge in [-0.05, 0) is 26.3 Å². The highest BCUT2D eigenvalue weighted by Crippen LogP contribution is 2.52. The van der Waals surface area contributed by atoms with Gasteiger partial charge in [0.15, 0.2) is 0 Å². The Morgan fingerprint density at radius 1 is 0.861 bits per heavy atom. The van der Waals surface area contributed by atoms with E-state index in [4.69, 9.17) is 23.7 Å². The number of alkyl carbamates (subject to hydrolysis) is 1. The average Bonchev–Trinajstić information content (AvgIpc) is 3.60. The molecule has 202 valence electrons. The highest BCUT2D eigenvalue weighted by Gasteiger charge is 2.65. The molecule has 0 fully saturated rings. The van der Waals surface area contributed by atoms with Crippen molar-refractivity contribution in [1.82, 2.24) is 5.32 Å². The van der Waals surface area contributed by atoms with E-state index in [9.17, 15) is 22.8 Å². The number of benzene rings is 1. The molecule has 1 heterocycles. The lowest BCUT2D eigenvalue weighted by molar-refractivity contribution is -0.166. The van der Waals surface area contributed by atoms with Gasteiger partial charge < -0.3 is 29.0 Å². The lowest BCUT2D eigenvalue weighted by atomic mass is 10.0. The number of amides is 1. The minimum atomic E-state index is -4.58. The molecule has 0 atom stereocenters. The predicted molar refractivity (Wildman–Crippen MR) is 120 cm³/mol. The van der Waals surface area contributed by atoms with Crippen LogP contribution in [0.3, 0.4) is 0 Å². The van der Waals surface area contributed by atoms with Gasteiger partial charge in [-0.1, -0.05) is 24.3 Å². The van der Waals surface area contributed by atoms with Gasteiger partial charge in [-0.3, -0.25) is 4.79 Å². The van der Waals surface area contributed by atoms with Crippen molar-refractivity contribution >= 4 is 12.1 Å². The average molecular weight is 520 g/mol. The van der Waals surface area contributed by atoms with Gasteiger partial charge in [-0.25, -0.2) is 4.79 Å². The summed E-state index contributed by atoms with van der Waals surface area (Å²) in [5.74, 6) is -0.314. The number of halogens is 3. The summed E-state index contributed by atoms with van der Waals surface area (Å²) >= 11 is 0. The third kappa shape index (κ3) is 10.5. The monoisotopic (exact) mass is 519 g/mol. The second kappa shape index (κ2) is 13.5. The molecule has 0 aromatic heterocycles. The van der Waals surface area contributed by atoms with Crippen molar-refractivity contribution in [3.8, 4) is 0 Å². The largest absolute Gasteiger partial charge is 0.460 e. The number of carbonyl (C=O) groups is 2. The molecule has 1 aromatic rings. The second-order valence-electron chi connectivity index (χ2n) is 8.73. The normalized spacial score (nSPS) is 14.4. The number of carbonyl (C=O) groups excluding carboxylic acids is 2. The Morgan fingerprint density at radius 3 is 1.89 bits per heavy atom. The molecule has 1 aliphatic heterocycles. The highest BCUT2D eigenvalue weighted by molar-refractivity contribution is 5.69. The summed E-state index contributed by atoms with van der Waals surface area (Å²) in [4.78, 5) is 23.2. The molecule has 1 amide bonds. The fraction of sp³-hybridized carbons (Fsp3) is 0.652. The van der Waals surface area contributed by atoms with Crippen molar-refractivity contribution in [3.63, 3.8) is 0 Å². The first kappa shape index (κ1) is 29.5. The fourth-order valence-electron chi connectivity index (χ4n) is 2.81. The molecule has 0 saturated heterocycles. The smallest absolute Gasteiger partial charge is 0.442 e. The molecule has 13 heteroatoms. The van der Waals surface area contributed by atoms with Gasteiger partial charge in [0.05, 0.1) is 46.1 Å². The topological polar surface area (TPSA) is 117 Å². The standard InChI is InChI=1S/C23H32F3N3O7/c1-21(2,3)36-19(30)8-9-32-10-11-33-12-13-34-14-15-35-20(31)27-16-17-4-6-18(7-5-17)22(28-29-22)23(24,25)26/h4-7H,8-16H2,1-3H3,(H,27,31). The van der Waals surface area contributed by atoms with E-state index in [0.717, 1.165) is 0 Å². The van der Waals surface area contributed by atoms with Crippen LogP contribution in [0.2, 0.25) is 0 Å². The lowest BCUT2D eigenvalue weighted by Gasteiger charge is -2.19. The molecule has 1 aliphatic rings. The second-order valence-corrected chi connectivity index (χ2v) is 8.73. The van der Waals surface area contributed by atoms with E-state index in [0.29, 0.717) is 32.0 Å². The minimum absolute atomic E-state index is 0.0235. The Labute approximate surface area is 207 Å². The summed E-state index contributed by atoms with van der Waals surface area (Å²) in [6.45, 7) is 7.24. The Balaban J connectivity index is 1.42. The van der Waals surface area contributed by atoms with E-state index in [-0.39, 0.29) is 44.3 Å². The number of alkyl halides is 3. The number of esters is 1. The molecule has 0 spiro atoms. The number of nitrogens with zero attached hydrogens (tertiary/aromatic N) is 2. The van der Waals surface area contributed by atoms with Crippen LogP contribution < -0.4 is 5.32 Å². The number of rotatable bonds is 15. The van der Waals surface area contributed by atoms with Gasteiger partial charge in [-0.15, -0.1) is 10.2 Å². The van der Waals surface area contributed by atoms with Crippen molar-refractivity contribution < 1.29 is 46.4 Å². The summed E-state index contributed by atoms with van der Waals surface area (Å²) in [5, 5.41) is 8.79. The zero-order valence-corrected chi connectivity index (χ0v) is 20.6. The molecule has 0 aliphatic carbocycles. The molecule has 2 rings (SSSR count). The number of hydrogen-bond acceptors (Lipinski definition) is 9. The number of hydrogen-bond donors (Lipinski definition) is 1. The fourth-order valence-corrected chi connectivity index (χ4v) is 2.81. The molecular weight excluding hydrogens is 487 g/mol. The number of nitrogens with one attached hydrogen (secondary N) is 1. The van der Waals surface area contributed by atoms with E-state index < -0.39 is 23.5 Å². The summed E-state index contributed by atoms with van der Waals surface area (Å²) in [6, 6.07) is 5.48. The SMILES string of the molecule is CC(C)(C)OC(=O)CCOCCOCCOCCOC(=O)NCc1ccc(C2(C(F)(F)F)N=N2)cc1. The van der Waals surface area contributed by atoms with Crippen LogP contribution >= 0.6 is 0 Å². The molecule has 0 unspecified atom stereocenters. The molecule has 0 radical (unpaired) electrons. The van der Waals surface area contributed by atoms with E-state index >= 15 is 0 Å². The summed E-state index contributed by atoms with van der Waals surface area (Å²) in [7, 11) is 0. The van der Waals surface area contributed by atoms with Crippen LogP contribution in [0.4, 0.5) is 18.0 Å². The van der Waals surface area contributed by atoms with Gasteiger partial charge in [0.1, 0.15) is 12.2 Å². The molecule has 0 saturated carbocycles. The van der Waals surface area contributed by atoms with Crippen molar-refractivity contribution in [2.45, 2.75) is 51.2 Å². The predicted octanol–water partition coefficient (Wildman–Crippen LogP) is 3.88. The van der Waals surface area contributed by atoms with Crippen molar-refractivity contribution in [3.05, 3.63) is 35.4 Å². The first-order valence-corrected chi connectivity index (χ1v) is 11.4.